The predicted molar refractivity (Wildman–Crippen MR) is 115 cm³/mol. The van der Waals surface area contributed by atoms with E-state index in [4.69, 9.17) is 5.11 Å². The first-order chi connectivity index (χ1) is 13.3. The summed E-state index contributed by atoms with van der Waals surface area (Å²) in [6, 6.07) is 0. The molecule has 0 spiro atoms. The normalized spacial score (nSPS) is 49.0. The molecule has 0 amide bonds. The van der Waals surface area contributed by atoms with Crippen molar-refractivity contribution in [1.82, 2.24) is 0 Å². The van der Waals surface area contributed by atoms with Gasteiger partial charge in [0.1, 0.15) is 0 Å². The molecule has 0 radical (unpaired) electrons. The predicted octanol–water partition coefficient (Wildman–Crippen LogP) is 7.17. The van der Waals surface area contributed by atoms with Crippen molar-refractivity contribution in [2.24, 2.45) is 52.3 Å². The Labute approximate surface area is 173 Å². The third-order valence-electron chi connectivity index (χ3n) is 10.9. The fourth-order valence-electron chi connectivity index (χ4n) is 9.55. The molecule has 0 aromatic heterocycles. The van der Waals surface area contributed by atoms with Crippen LogP contribution in [-0.2, 0) is 4.79 Å². The van der Waals surface area contributed by atoms with Gasteiger partial charge in [-0.15, -0.1) is 0 Å². The van der Waals surface area contributed by atoms with Gasteiger partial charge in [-0.25, -0.2) is 0 Å². The monoisotopic (exact) mass is 388 g/mol. The van der Waals surface area contributed by atoms with E-state index in [9.17, 15) is 4.79 Å². The van der Waals surface area contributed by atoms with Gasteiger partial charge >= 0.3 is 5.97 Å². The second-order valence-corrected chi connectivity index (χ2v) is 11.8. The number of fused-ring (bicyclic) bond motifs is 5. The number of aliphatic carboxylic acids is 1. The zero-order valence-electron chi connectivity index (χ0n) is 18.9. The second-order valence-electron chi connectivity index (χ2n) is 11.8. The summed E-state index contributed by atoms with van der Waals surface area (Å²) in [4.78, 5) is 11.1. The van der Waals surface area contributed by atoms with Crippen LogP contribution in [0, 0.1) is 52.3 Å². The van der Waals surface area contributed by atoms with Crippen LogP contribution < -0.4 is 0 Å². The average molecular weight is 389 g/mol. The number of rotatable bonds is 5. The maximum Gasteiger partial charge on any atom is 0.303 e. The lowest BCUT2D eigenvalue weighted by atomic mass is 9.42. The molecule has 4 saturated carbocycles. The fourth-order valence-corrected chi connectivity index (χ4v) is 9.55. The van der Waals surface area contributed by atoms with Crippen LogP contribution in [0.2, 0.25) is 0 Å². The maximum atomic E-state index is 11.1. The molecule has 0 aromatic carbocycles. The highest BCUT2D eigenvalue weighted by molar-refractivity contribution is 5.66. The lowest BCUT2D eigenvalue weighted by Gasteiger charge is -2.63. The first-order valence-corrected chi connectivity index (χ1v) is 12.5. The molecule has 2 nitrogen and oxygen atoms in total. The standard InChI is InChI=1S/C26H44O2/c1-5-18-16-19-22-11-10-20(17(2)9-12-24(27)28)26(22,4)15-13-23(19)25(3)14-7-6-8-21(18)25/h17-23H,5-16H2,1-4H3,(H,27,28)/t17-,18+,19+,20?,21?,22+,23+,25?,26?/m1/s1. The van der Waals surface area contributed by atoms with Crippen LogP contribution in [-0.4, -0.2) is 11.1 Å². The highest BCUT2D eigenvalue weighted by Crippen LogP contribution is 2.69. The van der Waals surface area contributed by atoms with Gasteiger partial charge in [0.25, 0.3) is 0 Å². The molecule has 0 heterocycles. The summed E-state index contributed by atoms with van der Waals surface area (Å²) in [5.74, 6) is 5.44. The lowest BCUT2D eigenvalue weighted by Crippen LogP contribution is -2.55. The van der Waals surface area contributed by atoms with E-state index >= 15 is 0 Å². The molecule has 0 aromatic rings. The zero-order chi connectivity index (χ0) is 20.1. The zero-order valence-corrected chi connectivity index (χ0v) is 18.9. The molecule has 2 heteroatoms. The quantitative estimate of drug-likeness (QED) is 0.542. The fraction of sp³-hybridized carbons (Fsp3) is 0.962. The molecule has 28 heavy (non-hydrogen) atoms. The molecule has 0 saturated heterocycles. The van der Waals surface area contributed by atoms with Gasteiger partial charge in [-0.05, 0) is 104 Å². The number of hydrogen-bond donors (Lipinski definition) is 1. The molecule has 0 bridgehead atoms. The number of carbonyl (C=O) groups is 1. The van der Waals surface area contributed by atoms with Crippen LogP contribution in [0.1, 0.15) is 105 Å². The first-order valence-electron chi connectivity index (χ1n) is 12.5. The molecule has 4 fully saturated rings. The summed E-state index contributed by atoms with van der Waals surface area (Å²) in [7, 11) is 0. The van der Waals surface area contributed by atoms with Gasteiger partial charge in [-0.3, -0.25) is 4.79 Å². The molecule has 4 aliphatic carbocycles. The van der Waals surface area contributed by atoms with Crippen molar-refractivity contribution >= 4 is 5.97 Å². The van der Waals surface area contributed by atoms with Crippen molar-refractivity contribution in [3.8, 4) is 0 Å². The largest absolute Gasteiger partial charge is 0.481 e. The summed E-state index contributed by atoms with van der Waals surface area (Å²) >= 11 is 0. The van der Waals surface area contributed by atoms with E-state index in [0.29, 0.717) is 23.2 Å². The van der Waals surface area contributed by atoms with Crippen molar-refractivity contribution in [2.75, 3.05) is 0 Å². The Morgan fingerprint density at radius 2 is 1.75 bits per heavy atom. The van der Waals surface area contributed by atoms with E-state index in [1.54, 1.807) is 0 Å². The van der Waals surface area contributed by atoms with Gasteiger partial charge < -0.3 is 5.11 Å². The summed E-state index contributed by atoms with van der Waals surface area (Å²) in [6.07, 6.45) is 15.6. The highest BCUT2D eigenvalue weighted by Gasteiger charge is 2.61. The van der Waals surface area contributed by atoms with Crippen molar-refractivity contribution in [2.45, 2.75) is 105 Å². The SMILES string of the molecule is CC[C@H]1C[C@@H]2[C@H](CCC3(C)C([C@H](C)CCC(=O)O)CC[C@@H]23)C2(C)CCCCC12. The van der Waals surface area contributed by atoms with Crippen molar-refractivity contribution < 1.29 is 9.90 Å². The lowest BCUT2D eigenvalue weighted by molar-refractivity contribution is -0.140. The van der Waals surface area contributed by atoms with Gasteiger partial charge in [-0.1, -0.05) is 47.0 Å². The van der Waals surface area contributed by atoms with E-state index in [2.05, 4.69) is 27.7 Å². The number of carboxylic acids is 1. The Kier molecular flexibility index (Phi) is 5.64. The summed E-state index contributed by atoms with van der Waals surface area (Å²) < 4.78 is 0. The Morgan fingerprint density at radius 3 is 2.46 bits per heavy atom. The van der Waals surface area contributed by atoms with E-state index in [-0.39, 0.29) is 0 Å². The minimum atomic E-state index is -0.621. The Balaban J connectivity index is 1.56. The number of hydrogen-bond acceptors (Lipinski definition) is 1. The van der Waals surface area contributed by atoms with Crippen LogP contribution in [0.25, 0.3) is 0 Å². The molecule has 4 unspecified atom stereocenters. The Morgan fingerprint density at radius 1 is 1.00 bits per heavy atom. The molecular formula is C26H44O2. The van der Waals surface area contributed by atoms with E-state index < -0.39 is 5.97 Å². The smallest absolute Gasteiger partial charge is 0.303 e. The van der Waals surface area contributed by atoms with Crippen LogP contribution >= 0.6 is 0 Å². The maximum absolute atomic E-state index is 11.1. The van der Waals surface area contributed by atoms with E-state index in [1.807, 2.05) is 0 Å². The van der Waals surface area contributed by atoms with Gasteiger partial charge in [0.05, 0.1) is 0 Å². The molecule has 0 aliphatic heterocycles. The summed E-state index contributed by atoms with van der Waals surface area (Å²) in [5.41, 5.74) is 1.07. The van der Waals surface area contributed by atoms with Crippen molar-refractivity contribution in [1.29, 1.82) is 0 Å². The van der Waals surface area contributed by atoms with Crippen LogP contribution in [0.4, 0.5) is 0 Å². The summed E-state index contributed by atoms with van der Waals surface area (Å²) in [6.45, 7) is 10.1. The highest BCUT2D eigenvalue weighted by atomic mass is 16.4. The molecule has 4 rings (SSSR count). The summed E-state index contributed by atoms with van der Waals surface area (Å²) in [5, 5.41) is 9.15. The topological polar surface area (TPSA) is 37.3 Å². The molecular weight excluding hydrogens is 344 g/mol. The minimum absolute atomic E-state index is 0.349. The van der Waals surface area contributed by atoms with Crippen molar-refractivity contribution in [3.05, 3.63) is 0 Å². The van der Waals surface area contributed by atoms with Crippen molar-refractivity contribution in [3.63, 3.8) is 0 Å². The number of carboxylic acid groups (broad SMARTS) is 1. The third-order valence-corrected chi connectivity index (χ3v) is 10.9. The van der Waals surface area contributed by atoms with Gasteiger partial charge in [-0.2, -0.15) is 0 Å². The van der Waals surface area contributed by atoms with E-state index in [1.165, 1.54) is 64.2 Å². The van der Waals surface area contributed by atoms with Gasteiger partial charge in [0, 0.05) is 6.42 Å². The van der Waals surface area contributed by atoms with Gasteiger partial charge in [0.2, 0.25) is 0 Å². The Bertz CT molecular complexity index is 585. The minimum Gasteiger partial charge on any atom is -0.481 e. The average Bonchev–Trinajstić information content (AvgIpc) is 3.02. The van der Waals surface area contributed by atoms with Gasteiger partial charge in [0.15, 0.2) is 0 Å². The molecule has 9 atom stereocenters. The third kappa shape index (κ3) is 3.16. The molecule has 1 N–H and O–H groups in total. The van der Waals surface area contributed by atoms with Crippen LogP contribution in [0.15, 0.2) is 0 Å². The molecule has 160 valence electrons. The Hall–Kier alpha value is -0.530. The second kappa shape index (κ2) is 7.62. The van der Waals surface area contributed by atoms with Crippen LogP contribution in [0.5, 0.6) is 0 Å². The molecule has 4 aliphatic rings. The first kappa shape index (κ1) is 20.7. The van der Waals surface area contributed by atoms with Crippen LogP contribution in [0.3, 0.4) is 0 Å². The van der Waals surface area contributed by atoms with E-state index in [0.717, 1.165) is 41.9 Å².